The highest BCUT2D eigenvalue weighted by Crippen LogP contribution is 2.20. The third kappa shape index (κ3) is 4.61. The van der Waals surface area contributed by atoms with Crippen LogP contribution in [0.4, 0.5) is 5.95 Å². The lowest BCUT2D eigenvalue weighted by molar-refractivity contribution is 0.211. The second kappa shape index (κ2) is 8.31. The maximum Gasteiger partial charge on any atom is 0.251 e. The average molecular weight is 376 g/mol. The van der Waals surface area contributed by atoms with Crippen molar-refractivity contribution >= 4 is 5.95 Å². The minimum absolute atomic E-state index is 0.120. The fourth-order valence-corrected chi connectivity index (χ4v) is 3.58. The number of likely N-dealkylation sites (tertiary alicyclic amines) is 1. The number of nitrogens with one attached hydrogen (secondary N) is 2. The van der Waals surface area contributed by atoms with Gasteiger partial charge in [0.1, 0.15) is 5.82 Å². The molecule has 0 saturated carbocycles. The van der Waals surface area contributed by atoms with Gasteiger partial charge in [0.05, 0.1) is 0 Å². The summed E-state index contributed by atoms with van der Waals surface area (Å²) in [4.78, 5) is 29.9. The zero-order chi connectivity index (χ0) is 19.3. The van der Waals surface area contributed by atoms with Gasteiger partial charge in [-0.1, -0.05) is 18.2 Å². The molecule has 144 valence electrons. The van der Waals surface area contributed by atoms with Gasteiger partial charge in [-0.05, 0) is 37.5 Å². The first-order valence-corrected chi connectivity index (χ1v) is 9.59. The van der Waals surface area contributed by atoms with Crippen LogP contribution in [-0.4, -0.2) is 44.0 Å². The van der Waals surface area contributed by atoms with Gasteiger partial charge in [0.25, 0.3) is 5.56 Å². The van der Waals surface area contributed by atoms with Crippen molar-refractivity contribution in [2.75, 3.05) is 18.4 Å². The monoisotopic (exact) mass is 376 g/mol. The molecule has 1 saturated heterocycles. The minimum atomic E-state index is -0.120. The summed E-state index contributed by atoms with van der Waals surface area (Å²) in [6, 6.07) is 12.0. The largest absolute Gasteiger partial charge is 0.351 e. The van der Waals surface area contributed by atoms with Crippen LogP contribution in [0.5, 0.6) is 0 Å². The summed E-state index contributed by atoms with van der Waals surface area (Å²) in [5, 5.41) is 3.42. The van der Waals surface area contributed by atoms with Crippen LogP contribution in [0.15, 0.2) is 53.6 Å². The van der Waals surface area contributed by atoms with Crippen molar-refractivity contribution in [3.63, 3.8) is 0 Å². The average Bonchev–Trinajstić information content (AvgIpc) is 2.70. The topological polar surface area (TPSA) is 86.8 Å². The Bertz CT molecular complexity index is 979. The molecule has 0 bridgehead atoms. The van der Waals surface area contributed by atoms with Crippen molar-refractivity contribution in [2.45, 2.75) is 32.4 Å². The van der Waals surface area contributed by atoms with E-state index in [2.05, 4.69) is 42.3 Å². The summed E-state index contributed by atoms with van der Waals surface area (Å²) in [7, 11) is 0. The van der Waals surface area contributed by atoms with Gasteiger partial charge in [0, 0.05) is 55.4 Å². The molecule has 1 fully saturated rings. The predicted octanol–water partition coefficient (Wildman–Crippen LogP) is 2.61. The van der Waals surface area contributed by atoms with E-state index in [4.69, 9.17) is 0 Å². The molecule has 1 aromatic carbocycles. The quantitative estimate of drug-likeness (QED) is 0.712. The molecule has 1 aliphatic heterocycles. The number of hydrogen-bond donors (Lipinski definition) is 2. The van der Waals surface area contributed by atoms with Gasteiger partial charge in [-0.15, -0.1) is 0 Å². The Hall–Kier alpha value is -3.06. The molecule has 2 N–H and O–H groups in total. The maximum absolute atomic E-state index is 11.7. The third-order valence-electron chi connectivity index (χ3n) is 4.96. The molecule has 7 heteroatoms. The smallest absolute Gasteiger partial charge is 0.251 e. The van der Waals surface area contributed by atoms with Gasteiger partial charge < -0.3 is 10.3 Å². The molecule has 7 nitrogen and oxygen atoms in total. The van der Waals surface area contributed by atoms with Crippen LogP contribution < -0.4 is 10.9 Å². The van der Waals surface area contributed by atoms with E-state index in [0.717, 1.165) is 43.7 Å². The number of nitrogens with zero attached hydrogens (tertiary/aromatic N) is 4. The molecule has 0 unspecified atom stereocenters. The van der Waals surface area contributed by atoms with E-state index in [0.29, 0.717) is 17.8 Å². The van der Waals surface area contributed by atoms with Crippen molar-refractivity contribution < 1.29 is 0 Å². The molecule has 3 aromatic rings. The van der Waals surface area contributed by atoms with E-state index in [1.807, 2.05) is 25.1 Å². The number of aryl methyl sites for hydroxylation is 1. The summed E-state index contributed by atoms with van der Waals surface area (Å²) >= 11 is 0. The van der Waals surface area contributed by atoms with E-state index in [1.54, 1.807) is 12.4 Å². The van der Waals surface area contributed by atoms with Crippen LogP contribution in [0.2, 0.25) is 0 Å². The Morgan fingerprint density at radius 2 is 1.93 bits per heavy atom. The maximum atomic E-state index is 11.7. The Kier molecular flexibility index (Phi) is 5.43. The summed E-state index contributed by atoms with van der Waals surface area (Å²) in [6.07, 6.45) is 5.64. The van der Waals surface area contributed by atoms with Crippen molar-refractivity contribution in [1.29, 1.82) is 0 Å². The van der Waals surface area contributed by atoms with Gasteiger partial charge >= 0.3 is 0 Å². The zero-order valence-electron chi connectivity index (χ0n) is 15.9. The zero-order valence-corrected chi connectivity index (χ0v) is 15.9. The standard InChI is InChI=1S/C21H24N6O/c1-15-12-19(28)26-20(24-15)17-5-2-4-16(13-17)14-27-10-6-18(7-11-27)25-21-22-8-3-9-23-21/h2-5,8-9,12-13,18H,6-7,10-11,14H2,1H3,(H,22,23,25)(H,24,26,28). The number of H-pyrrole nitrogens is 1. The van der Waals surface area contributed by atoms with Gasteiger partial charge in [-0.25, -0.2) is 15.0 Å². The Labute approximate surface area is 163 Å². The van der Waals surface area contributed by atoms with Crippen LogP contribution in [-0.2, 0) is 6.54 Å². The van der Waals surface area contributed by atoms with E-state index < -0.39 is 0 Å². The summed E-state index contributed by atoms with van der Waals surface area (Å²) < 4.78 is 0. The molecule has 4 rings (SSSR count). The molecule has 0 atom stereocenters. The summed E-state index contributed by atoms with van der Waals surface area (Å²) in [6.45, 7) is 4.77. The first kappa shape index (κ1) is 18.3. The number of hydrogen-bond acceptors (Lipinski definition) is 6. The minimum Gasteiger partial charge on any atom is -0.351 e. The lowest BCUT2D eigenvalue weighted by atomic mass is 10.0. The number of anilines is 1. The second-order valence-electron chi connectivity index (χ2n) is 7.20. The molecule has 3 heterocycles. The molecule has 0 radical (unpaired) electrons. The van der Waals surface area contributed by atoms with Crippen molar-refractivity contribution in [3.05, 3.63) is 70.4 Å². The van der Waals surface area contributed by atoms with E-state index in [1.165, 1.54) is 11.6 Å². The van der Waals surface area contributed by atoms with Gasteiger partial charge in [-0.3, -0.25) is 9.69 Å². The summed E-state index contributed by atoms with van der Waals surface area (Å²) in [5.74, 6) is 1.32. The molecule has 0 spiro atoms. The molecule has 1 aliphatic rings. The Morgan fingerprint density at radius 1 is 1.14 bits per heavy atom. The fraction of sp³-hybridized carbons (Fsp3) is 0.333. The van der Waals surface area contributed by atoms with Crippen LogP contribution in [0.25, 0.3) is 11.4 Å². The normalized spacial score (nSPS) is 15.5. The fourth-order valence-electron chi connectivity index (χ4n) is 3.58. The van der Waals surface area contributed by atoms with E-state index >= 15 is 0 Å². The highest BCUT2D eigenvalue weighted by Gasteiger charge is 2.19. The van der Waals surface area contributed by atoms with Crippen LogP contribution in [0.3, 0.4) is 0 Å². The Balaban J connectivity index is 1.37. The van der Waals surface area contributed by atoms with Crippen molar-refractivity contribution in [3.8, 4) is 11.4 Å². The number of benzene rings is 1. The van der Waals surface area contributed by atoms with Gasteiger partial charge in [0.15, 0.2) is 0 Å². The SMILES string of the molecule is Cc1cc(=O)[nH]c(-c2cccc(CN3CCC(Nc4ncccn4)CC3)c2)n1. The predicted molar refractivity (Wildman–Crippen MR) is 109 cm³/mol. The van der Waals surface area contributed by atoms with Crippen LogP contribution in [0, 0.1) is 6.92 Å². The highest BCUT2D eigenvalue weighted by molar-refractivity contribution is 5.55. The lowest BCUT2D eigenvalue weighted by Gasteiger charge is -2.32. The number of aromatic amines is 1. The number of aromatic nitrogens is 4. The molecule has 28 heavy (non-hydrogen) atoms. The summed E-state index contributed by atoms with van der Waals surface area (Å²) in [5.41, 5.74) is 2.77. The molecule has 0 amide bonds. The lowest BCUT2D eigenvalue weighted by Crippen LogP contribution is -2.38. The number of rotatable bonds is 5. The highest BCUT2D eigenvalue weighted by atomic mass is 16.1. The molecule has 0 aliphatic carbocycles. The molecular formula is C21H24N6O. The van der Waals surface area contributed by atoms with E-state index in [9.17, 15) is 4.79 Å². The first-order valence-electron chi connectivity index (χ1n) is 9.59. The molecule has 2 aromatic heterocycles. The Morgan fingerprint density at radius 3 is 2.68 bits per heavy atom. The molecular weight excluding hydrogens is 352 g/mol. The number of piperidine rings is 1. The first-order chi connectivity index (χ1) is 13.7. The van der Waals surface area contributed by atoms with Crippen molar-refractivity contribution in [2.24, 2.45) is 0 Å². The third-order valence-corrected chi connectivity index (χ3v) is 4.96. The van der Waals surface area contributed by atoms with Crippen molar-refractivity contribution in [1.82, 2.24) is 24.8 Å². The van der Waals surface area contributed by atoms with Gasteiger partial charge in [0.2, 0.25) is 5.95 Å². The van der Waals surface area contributed by atoms with E-state index in [-0.39, 0.29) is 5.56 Å². The van der Waals surface area contributed by atoms with Crippen LogP contribution in [0.1, 0.15) is 24.1 Å². The van der Waals surface area contributed by atoms with Gasteiger partial charge in [-0.2, -0.15) is 0 Å². The second-order valence-corrected chi connectivity index (χ2v) is 7.20. The van der Waals surface area contributed by atoms with Crippen LogP contribution >= 0.6 is 0 Å².